The number of amides is 1. The first-order valence-corrected chi connectivity index (χ1v) is 9.23. The molecule has 7 heteroatoms. The summed E-state index contributed by atoms with van der Waals surface area (Å²) < 4.78 is 16.1. The number of benzene rings is 2. The second-order valence-electron chi connectivity index (χ2n) is 5.57. The molecule has 0 radical (unpaired) electrons. The number of hydrogen-bond acceptors (Lipinski definition) is 6. The third-order valence-electron chi connectivity index (χ3n) is 3.77. The minimum atomic E-state index is -0.140. The van der Waals surface area contributed by atoms with E-state index in [0.717, 1.165) is 17.0 Å². The molecule has 0 atom stereocenters. The molecule has 0 aliphatic rings. The highest BCUT2D eigenvalue weighted by molar-refractivity contribution is 7.14. The van der Waals surface area contributed by atoms with Gasteiger partial charge in [0.25, 0.3) is 0 Å². The lowest BCUT2D eigenvalue weighted by atomic mass is 10.1. The first-order valence-electron chi connectivity index (χ1n) is 8.35. The van der Waals surface area contributed by atoms with Crippen LogP contribution in [0.25, 0.3) is 11.3 Å². The Balaban J connectivity index is 1.56. The Morgan fingerprint density at radius 1 is 1.07 bits per heavy atom. The van der Waals surface area contributed by atoms with E-state index in [-0.39, 0.29) is 12.3 Å². The number of para-hydroxylation sites is 1. The molecule has 1 N–H and O–H groups in total. The summed E-state index contributed by atoms with van der Waals surface area (Å²) in [6.45, 7) is 0.309. The van der Waals surface area contributed by atoms with Crippen molar-refractivity contribution in [3.63, 3.8) is 0 Å². The van der Waals surface area contributed by atoms with E-state index in [0.29, 0.717) is 23.2 Å². The van der Waals surface area contributed by atoms with E-state index in [4.69, 9.17) is 14.2 Å². The number of carbonyl (C=O) groups is 1. The maximum atomic E-state index is 12.1. The van der Waals surface area contributed by atoms with Crippen LogP contribution in [-0.4, -0.2) is 31.7 Å². The highest BCUT2D eigenvalue weighted by Gasteiger charge is 2.11. The summed E-state index contributed by atoms with van der Waals surface area (Å²) in [5.74, 6) is 1.89. The van der Waals surface area contributed by atoms with Gasteiger partial charge in [0.1, 0.15) is 5.75 Å². The van der Waals surface area contributed by atoms with Crippen LogP contribution in [0.1, 0.15) is 6.42 Å². The monoisotopic (exact) mass is 384 g/mol. The number of thiazole rings is 1. The summed E-state index contributed by atoms with van der Waals surface area (Å²) in [6, 6.07) is 15.0. The Bertz CT molecular complexity index is 896. The Hall–Kier alpha value is -3.06. The molecule has 0 saturated carbocycles. The van der Waals surface area contributed by atoms with Gasteiger partial charge < -0.3 is 19.5 Å². The molecule has 0 fully saturated rings. The van der Waals surface area contributed by atoms with E-state index < -0.39 is 0 Å². The summed E-state index contributed by atoms with van der Waals surface area (Å²) >= 11 is 1.37. The number of carbonyl (C=O) groups excluding carboxylic acids is 1. The second-order valence-corrected chi connectivity index (χ2v) is 6.43. The van der Waals surface area contributed by atoms with Gasteiger partial charge in [0.2, 0.25) is 5.91 Å². The molecule has 6 nitrogen and oxygen atoms in total. The highest BCUT2D eigenvalue weighted by Crippen LogP contribution is 2.33. The minimum absolute atomic E-state index is 0.140. The smallest absolute Gasteiger partial charge is 0.229 e. The van der Waals surface area contributed by atoms with E-state index >= 15 is 0 Å². The summed E-state index contributed by atoms with van der Waals surface area (Å²) in [5, 5.41) is 5.23. The van der Waals surface area contributed by atoms with Crippen LogP contribution in [0.5, 0.6) is 17.2 Å². The molecule has 1 aromatic heterocycles. The third-order valence-corrected chi connectivity index (χ3v) is 4.53. The SMILES string of the molecule is COc1ccc(-c2csc(NC(=O)CCOc3ccccc3)n2)cc1OC. The van der Waals surface area contributed by atoms with Crippen molar-refractivity contribution < 1.29 is 19.0 Å². The van der Waals surface area contributed by atoms with Gasteiger partial charge in [-0.1, -0.05) is 18.2 Å². The first kappa shape index (κ1) is 18.7. The molecule has 0 bridgehead atoms. The van der Waals surface area contributed by atoms with Crippen molar-refractivity contribution >= 4 is 22.4 Å². The summed E-state index contributed by atoms with van der Waals surface area (Å²) in [6.07, 6.45) is 0.250. The number of methoxy groups -OCH3 is 2. The van der Waals surface area contributed by atoms with E-state index in [1.54, 1.807) is 14.2 Å². The van der Waals surface area contributed by atoms with Crippen molar-refractivity contribution in [1.82, 2.24) is 4.98 Å². The van der Waals surface area contributed by atoms with Crippen LogP contribution in [0.2, 0.25) is 0 Å². The molecule has 3 aromatic rings. The number of nitrogens with one attached hydrogen (secondary N) is 1. The zero-order chi connectivity index (χ0) is 19.1. The van der Waals surface area contributed by atoms with Gasteiger partial charge in [-0.25, -0.2) is 4.98 Å². The molecule has 0 unspecified atom stereocenters. The fourth-order valence-electron chi connectivity index (χ4n) is 2.42. The third kappa shape index (κ3) is 4.98. The fraction of sp³-hybridized carbons (Fsp3) is 0.200. The lowest BCUT2D eigenvalue weighted by Crippen LogP contribution is -2.15. The topological polar surface area (TPSA) is 69.7 Å². The quantitative estimate of drug-likeness (QED) is 0.629. The number of rotatable bonds is 8. The van der Waals surface area contributed by atoms with Crippen molar-refractivity contribution in [2.75, 3.05) is 26.1 Å². The zero-order valence-electron chi connectivity index (χ0n) is 15.1. The van der Waals surface area contributed by atoms with E-state index in [2.05, 4.69) is 10.3 Å². The summed E-state index contributed by atoms with van der Waals surface area (Å²) in [5.41, 5.74) is 1.65. The number of anilines is 1. The molecule has 1 heterocycles. The molecular weight excluding hydrogens is 364 g/mol. The fourth-order valence-corrected chi connectivity index (χ4v) is 3.16. The lowest BCUT2D eigenvalue weighted by molar-refractivity contribution is -0.116. The van der Waals surface area contributed by atoms with Crippen LogP contribution in [0.4, 0.5) is 5.13 Å². The van der Waals surface area contributed by atoms with Crippen LogP contribution in [0.15, 0.2) is 53.9 Å². The van der Waals surface area contributed by atoms with Gasteiger partial charge in [0.05, 0.1) is 32.9 Å². The highest BCUT2D eigenvalue weighted by atomic mass is 32.1. The van der Waals surface area contributed by atoms with Gasteiger partial charge in [0.15, 0.2) is 16.6 Å². The summed E-state index contributed by atoms with van der Waals surface area (Å²) in [4.78, 5) is 16.5. The number of aromatic nitrogens is 1. The predicted molar refractivity (Wildman–Crippen MR) is 106 cm³/mol. The Labute approximate surface area is 161 Å². The van der Waals surface area contributed by atoms with E-state index in [1.807, 2.05) is 53.9 Å². The van der Waals surface area contributed by atoms with Gasteiger partial charge >= 0.3 is 0 Å². The Morgan fingerprint density at radius 3 is 2.59 bits per heavy atom. The van der Waals surface area contributed by atoms with E-state index in [9.17, 15) is 4.79 Å². The maximum Gasteiger partial charge on any atom is 0.229 e. The predicted octanol–water partition coefficient (Wildman–Crippen LogP) is 4.23. The number of nitrogens with zero attached hydrogens (tertiary/aromatic N) is 1. The Kier molecular flexibility index (Phi) is 6.27. The standard InChI is InChI=1S/C20H20N2O4S/c1-24-17-9-8-14(12-18(17)25-2)16-13-27-20(21-16)22-19(23)10-11-26-15-6-4-3-5-7-15/h3-9,12-13H,10-11H2,1-2H3,(H,21,22,23). The minimum Gasteiger partial charge on any atom is -0.493 e. The molecule has 2 aromatic carbocycles. The van der Waals surface area contributed by atoms with Crippen LogP contribution in [0.3, 0.4) is 0 Å². The van der Waals surface area contributed by atoms with Crippen molar-refractivity contribution in [2.45, 2.75) is 6.42 Å². The number of hydrogen-bond donors (Lipinski definition) is 1. The van der Waals surface area contributed by atoms with Crippen LogP contribution in [-0.2, 0) is 4.79 Å². The lowest BCUT2D eigenvalue weighted by Gasteiger charge is -2.08. The average Bonchev–Trinajstić information content (AvgIpc) is 3.16. The molecule has 0 aliphatic heterocycles. The molecule has 3 rings (SSSR count). The molecular formula is C20H20N2O4S. The van der Waals surface area contributed by atoms with Crippen molar-refractivity contribution in [3.8, 4) is 28.5 Å². The van der Waals surface area contributed by atoms with Gasteiger partial charge in [0, 0.05) is 10.9 Å². The largest absolute Gasteiger partial charge is 0.493 e. The average molecular weight is 384 g/mol. The molecule has 0 spiro atoms. The van der Waals surface area contributed by atoms with Crippen LogP contribution >= 0.6 is 11.3 Å². The summed E-state index contributed by atoms with van der Waals surface area (Å²) in [7, 11) is 3.18. The molecule has 0 aliphatic carbocycles. The number of ether oxygens (including phenoxy) is 3. The maximum absolute atomic E-state index is 12.1. The van der Waals surface area contributed by atoms with Crippen molar-refractivity contribution in [3.05, 3.63) is 53.9 Å². The van der Waals surface area contributed by atoms with Crippen molar-refractivity contribution in [1.29, 1.82) is 0 Å². The van der Waals surface area contributed by atoms with Gasteiger partial charge in [-0.3, -0.25) is 4.79 Å². The second kappa shape index (κ2) is 9.05. The zero-order valence-corrected chi connectivity index (χ0v) is 15.9. The normalized spacial score (nSPS) is 10.3. The van der Waals surface area contributed by atoms with E-state index in [1.165, 1.54) is 11.3 Å². The molecule has 1 amide bonds. The van der Waals surface area contributed by atoms with Gasteiger partial charge in [-0.2, -0.15) is 0 Å². The van der Waals surface area contributed by atoms with Crippen LogP contribution in [0, 0.1) is 0 Å². The van der Waals surface area contributed by atoms with Gasteiger partial charge in [-0.05, 0) is 30.3 Å². The van der Waals surface area contributed by atoms with Crippen LogP contribution < -0.4 is 19.5 Å². The van der Waals surface area contributed by atoms with Crippen molar-refractivity contribution in [2.24, 2.45) is 0 Å². The van der Waals surface area contributed by atoms with Gasteiger partial charge in [-0.15, -0.1) is 11.3 Å². The first-order chi connectivity index (χ1) is 13.2. The Morgan fingerprint density at radius 2 is 1.85 bits per heavy atom. The molecule has 140 valence electrons. The molecule has 0 saturated heterocycles. The molecule has 27 heavy (non-hydrogen) atoms.